The lowest BCUT2D eigenvalue weighted by molar-refractivity contribution is 0.277. The van der Waals surface area contributed by atoms with Crippen LogP contribution in [0.25, 0.3) is 0 Å². The largest absolute Gasteiger partial charge is 0.370 e. The van der Waals surface area contributed by atoms with Crippen LogP contribution in [0.4, 0.5) is 0 Å². The van der Waals surface area contributed by atoms with E-state index in [1.807, 2.05) is 19.9 Å². The summed E-state index contributed by atoms with van der Waals surface area (Å²) in [6.45, 7) is 9.23. The van der Waals surface area contributed by atoms with Crippen molar-refractivity contribution in [2.24, 2.45) is 16.6 Å². The molecule has 0 bridgehead atoms. The van der Waals surface area contributed by atoms with Gasteiger partial charge < -0.3 is 10.6 Å². The Bertz CT molecular complexity index is 657. The molecule has 2 rings (SSSR count). The zero-order valence-electron chi connectivity index (χ0n) is 14.7. The Labute approximate surface area is 149 Å². The molecule has 0 saturated carbocycles. The topological polar surface area (TPSA) is 79.0 Å². The molecule has 2 N–H and O–H groups in total. The Morgan fingerprint density at radius 3 is 2.54 bits per heavy atom. The molecule has 0 amide bonds. The van der Waals surface area contributed by atoms with Crippen molar-refractivity contribution < 1.29 is 8.42 Å². The van der Waals surface area contributed by atoms with Crippen molar-refractivity contribution in [2.45, 2.75) is 44.4 Å². The molecule has 0 radical (unpaired) electrons. The second kappa shape index (κ2) is 8.31. The lowest BCUT2D eigenvalue weighted by Gasteiger charge is -2.30. The number of rotatable bonds is 6. The Balaban J connectivity index is 2.02. The van der Waals surface area contributed by atoms with Crippen LogP contribution in [-0.4, -0.2) is 49.8 Å². The number of sulfonamides is 1. The van der Waals surface area contributed by atoms with Crippen molar-refractivity contribution >= 4 is 27.3 Å². The minimum Gasteiger partial charge on any atom is -0.370 e. The van der Waals surface area contributed by atoms with Crippen molar-refractivity contribution in [3.63, 3.8) is 0 Å². The van der Waals surface area contributed by atoms with Gasteiger partial charge in [0.15, 0.2) is 5.96 Å². The van der Waals surface area contributed by atoms with E-state index < -0.39 is 10.0 Å². The number of hydrogen-bond acceptors (Lipinski definition) is 4. The van der Waals surface area contributed by atoms with Crippen molar-refractivity contribution in [2.75, 3.05) is 26.2 Å². The maximum atomic E-state index is 12.5. The molecule has 8 heteroatoms. The summed E-state index contributed by atoms with van der Waals surface area (Å²) in [6.07, 6.45) is 2.28. The summed E-state index contributed by atoms with van der Waals surface area (Å²) in [5.41, 5.74) is 6.08. The van der Waals surface area contributed by atoms with Gasteiger partial charge >= 0.3 is 0 Å². The fourth-order valence-corrected chi connectivity index (χ4v) is 5.66. The summed E-state index contributed by atoms with van der Waals surface area (Å²) in [7, 11) is -3.38. The monoisotopic (exact) mass is 372 g/mol. The molecule has 1 aliphatic heterocycles. The fourth-order valence-electron chi connectivity index (χ4n) is 2.77. The standard InChI is InChI=1S/C16H28N4O2S2/c1-4-20(5-2)24(21,22)15-7-6-14(23-15)12-18-16(17)19-10-8-13(3)9-11-19/h6-7,13H,4-5,8-12H2,1-3H3,(H2,17,18). The van der Waals surface area contributed by atoms with Crippen LogP contribution in [-0.2, 0) is 16.6 Å². The predicted molar refractivity (Wildman–Crippen MR) is 99.7 cm³/mol. The molecule has 1 fully saturated rings. The number of piperidine rings is 1. The van der Waals surface area contributed by atoms with E-state index in [1.165, 1.54) is 15.6 Å². The lowest BCUT2D eigenvalue weighted by Crippen LogP contribution is -2.42. The maximum absolute atomic E-state index is 12.5. The number of guanidine groups is 1. The first-order valence-electron chi connectivity index (χ1n) is 8.52. The van der Waals surface area contributed by atoms with Crippen LogP contribution in [0.15, 0.2) is 21.3 Å². The number of likely N-dealkylation sites (tertiary alicyclic amines) is 1. The number of aliphatic imine (C=N–C) groups is 1. The van der Waals surface area contributed by atoms with Gasteiger partial charge in [-0.15, -0.1) is 11.3 Å². The normalized spacial score (nSPS) is 17.7. The number of thiophene rings is 1. The molecular formula is C16H28N4O2S2. The van der Waals surface area contributed by atoms with Crippen molar-refractivity contribution in [1.82, 2.24) is 9.21 Å². The number of nitrogens with zero attached hydrogens (tertiary/aromatic N) is 3. The SMILES string of the molecule is CCN(CC)S(=O)(=O)c1ccc(CN=C(N)N2CCC(C)CC2)s1. The molecule has 1 aliphatic rings. The van der Waals surface area contributed by atoms with Crippen LogP contribution < -0.4 is 5.73 Å². The quantitative estimate of drug-likeness (QED) is 0.614. The molecule has 0 aromatic carbocycles. The fraction of sp³-hybridized carbons (Fsp3) is 0.688. The van der Waals surface area contributed by atoms with Gasteiger partial charge in [0, 0.05) is 31.1 Å². The molecule has 2 heterocycles. The number of nitrogens with two attached hydrogens (primary N) is 1. The highest BCUT2D eigenvalue weighted by Crippen LogP contribution is 2.25. The molecule has 0 aliphatic carbocycles. The Hall–Kier alpha value is -1.12. The Kier molecular flexibility index (Phi) is 6.65. The van der Waals surface area contributed by atoms with E-state index in [2.05, 4.69) is 16.8 Å². The molecule has 1 aromatic rings. The molecule has 24 heavy (non-hydrogen) atoms. The molecular weight excluding hydrogens is 344 g/mol. The molecule has 1 aromatic heterocycles. The molecule has 0 atom stereocenters. The lowest BCUT2D eigenvalue weighted by atomic mass is 10.00. The van der Waals surface area contributed by atoms with E-state index in [4.69, 9.17) is 5.73 Å². The van der Waals surface area contributed by atoms with Crippen molar-refractivity contribution in [3.8, 4) is 0 Å². The maximum Gasteiger partial charge on any atom is 0.252 e. The number of hydrogen-bond donors (Lipinski definition) is 1. The Morgan fingerprint density at radius 2 is 1.96 bits per heavy atom. The summed E-state index contributed by atoms with van der Waals surface area (Å²) in [5.74, 6) is 1.31. The van der Waals surface area contributed by atoms with Crippen LogP contribution in [0.3, 0.4) is 0 Å². The highest BCUT2D eigenvalue weighted by Gasteiger charge is 2.23. The van der Waals surface area contributed by atoms with Crippen molar-refractivity contribution in [3.05, 3.63) is 17.0 Å². The summed E-state index contributed by atoms with van der Waals surface area (Å²) in [4.78, 5) is 7.47. The summed E-state index contributed by atoms with van der Waals surface area (Å²) >= 11 is 1.28. The minimum absolute atomic E-state index is 0.377. The first kappa shape index (κ1) is 19.2. The summed E-state index contributed by atoms with van der Waals surface area (Å²) in [6, 6.07) is 3.50. The van der Waals surface area contributed by atoms with Gasteiger partial charge in [0.2, 0.25) is 0 Å². The molecule has 6 nitrogen and oxygen atoms in total. The van der Waals surface area contributed by atoms with Crippen LogP contribution in [0.2, 0.25) is 0 Å². The third-order valence-corrected chi connectivity index (χ3v) is 8.03. The van der Waals surface area contributed by atoms with Crippen LogP contribution in [0.5, 0.6) is 0 Å². The van der Waals surface area contributed by atoms with Gasteiger partial charge in [-0.2, -0.15) is 4.31 Å². The first-order chi connectivity index (χ1) is 11.4. The first-order valence-corrected chi connectivity index (χ1v) is 10.8. The van der Waals surface area contributed by atoms with Crippen LogP contribution >= 0.6 is 11.3 Å². The Morgan fingerprint density at radius 1 is 1.33 bits per heavy atom. The van der Waals surface area contributed by atoms with E-state index in [1.54, 1.807) is 6.07 Å². The van der Waals surface area contributed by atoms with Gasteiger partial charge in [0.05, 0.1) is 6.54 Å². The zero-order valence-corrected chi connectivity index (χ0v) is 16.4. The van der Waals surface area contributed by atoms with Crippen molar-refractivity contribution in [1.29, 1.82) is 0 Å². The van der Waals surface area contributed by atoms with Crippen LogP contribution in [0, 0.1) is 5.92 Å². The third-order valence-electron chi connectivity index (χ3n) is 4.44. The molecule has 1 saturated heterocycles. The van der Waals surface area contributed by atoms with E-state index in [9.17, 15) is 8.42 Å². The smallest absolute Gasteiger partial charge is 0.252 e. The van der Waals surface area contributed by atoms with Gasteiger partial charge in [-0.3, -0.25) is 0 Å². The van der Waals surface area contributed by atoms with Gasteiger partial charge in [0.1, 0.15) is 4.21 Å². The minimum atomic E-state index is -3.38. The average Bonchev–Trinajstić information content (AvgIpc) is 3.04. The second-order valence-corrected chi connectivity index (χ2v) is 9.49. The molecule has 0 unspecified atom stereocenters. The predicted octanol–water partition coefficient (Wildman–Crippen LogP) is 2.33. The zero-order chi connectivity index (χ0) is 17.7. The van der Waals surface area contributed by atoms with Gasteiger partial charge in [-0.05, 0) is 30.9 Å². The van der Waals surface area contributed by atoms with E-state index >= 15 is 0 Å². The highest BCUT2D eigenvalue weighted by molar-refractivity contribution is 7.91. The molecule has 0 spiro atoms. The van der Waals surface area contributed by atoms with Gasteiger partial charge in [-0.25, -0.2) is 13.4 Å². The van der Waals surface area contributed by atoms with E-state index in [0.717, 1.165) is 36.7 Å². The van der Waals surface area contributed by atoms with Gasteiger partial charge in [-0.1, -0.05) is 20.8 Å². The highest BCUT2D eigenvalue weighted by atomic mass is 32.2. The third kappa shape index (κ3) is 4.49. The van der Waals surface area contributed by atoms with E-state index in [0.29, 0.717) is 29.8 Å². The van der Waals surface area contributed by atoms with E-state index in [-0.39, 0.29) is 0 Å². The average molecular weight is 373 g/mol. The molecule has 136 valence electrons. The second-order valence-electron chi connectivity index (χ2n) is 6.15. The van der Waals surface area contributed by atoms with Crippen LogP contribution in [0.1, 0.15) is 38.5 Å². The van der Waals surface area contributed by atoms with Gasteiger partial charge in [0.25, 0.3) is 10.0 Å². The summed E-state index contributed by atoms with van der Waals surface area (Å²) < 4.78 is 26.8. The summed E-state index contributed by atoms with van der Waals surface area (Å²) in [5, 5.41) is 0.